The fourth-order valence-electron chi connectivity index (χ4n) is 7.95. The highest BCUT2D eigenvalue weighted by atomic mass is 19.4. The summed E-state index contributed by atoms with van der Waals surface area (Å²) in [5.74, 6) is -1.58. The lowest BCUT2D eigenvalue weighted by atomic mass is 9.85. The van der Waals surface area contributed by atoms with Gasteiger partial charge in [-0.1, -0.05) is 6.07 Å². The Balaban J connectivity index is 0.842. The first kappa shape index (κ1) is 36.9. The first-order chi connectivity index (χ1) is 26.9. The minimum atomic E-state index is -4.68. The minimum Gasteiger partial charge on any atom is -0.494 e. The molecule has 2 saturated heterocycles. The topological polar surface area (TPSA) is 162 Å². The van der Waals surface area contributed by atoms with Crippen molar-refractivity contribution in [3.05, 3.63) is 77.2 Å². The van der Waals surface area contributed by atoms with E-state index in [2.05, 4.69) is 25.4 Å². The summed E-state index contributed by atoms with van der Waals surface area (Å²) in [6.45, 7) is 4.09. The highest BCUT2D eigenvalue weighted by molar-refractivity contribution is 6.22. The molecule has 1 saturated carbocycles. The number of hydrogen-bond donors (Lipinski definition) is 2. The number of aromatic nitrogens is 3. The van der Waals surface area contributed by atoms with Crippen molar-refractivity contribution in [1.82, 2.24) is 35.0 Å². The summed E-state index contributed by atoms with van der Waals surface area (Å²) in [6, 6.07) is 11.1. The van der Waals surface area contributed by atoms with Gasteiger partial charge in [0.2, 0.25) is 5.91 Å². The number of rotatable bonds is 8. The molecule has 3 aliphatic heterocycles. The molecule has 8 rings (SSSR count). The standard InChI is InChI=1S/C38H38F3N9O6/c1-56-31-19-29-23(17-30(31)43-34(52)28-3-2-4-32(42-28)38(39,40)41)21-48(45-29)24-7-5-22(6-8-24)20-46-13-15-47(16-14-46)25-9-10-26-27(18-25)36(54)50(35(26)53)49-12-11-33(51)44-37(49)55/h2-4,9-10,17-19,21-22,24H,5-8,11-16,20H2,1H3,(H,43,52)(H,44,51,55). The molecule has 0 unspecified atom stereocenters. The number of amides is 6. The maximum Gasteiger partial charge on any atom is 0.433 e. The number of piperazine rings is 1. The van der Waals surface area contributed by atoms with Gasteiger partial charge < -0.3 is 15.0 Å². The van der Waals surface area contributed by atoms with Gasteiger partial charge in [0, 0.05) is 62.5 Å². The number of carbonyl (C=O) groups is 5. The average Bonchev–Trinajstić information content (AvgIpc) is 3.71. The molecule has 56 heavy (non-hydrogen) atoms. The Hall–Kier alpha value is -6.04. The van der Waals surface area contributed by atoms with Crippen molar-refractivity contribution in [3.63, 3.8) is 0 Å². The van der Waals surface area contributed by atoms with Crippen molar-refractivity contribution in [2.24, 2.45) is 5.92 Å². The number of carbonyl (C=O) groups excluding carboxylic acids is 5. The van der Waals surface area contributed by atoms with Gasteiger partial charge in [-0.25, -0.2) is 14.8 Å². The summed E-state index contributed by atoms with van der Waals surface area (Å²) in [5, 5.41) is 12.1. The van der Waals surface area contributed by atoms with E-state index in [4.69, 9.17) is 9.84 Å². The summed E-state index contributed by atoms with van der Waals surface area (Å²) >= 11 is 0. The van der Waals surface area contributed by atoms with E-state index in [1.807, 2.05) is 16.9 Å². The summed E-state index contributed by atoms with van der Waals surface area (Å²) < 4.78 is 46.9. The van der Waals surface area contributed by atoms with Crippen LogP contribution in [-0.4, -0.2) is 106 Å². The lowest BCUT2D eigenvalue weighted by molar-refractivity contribution is -0.141. The summed E-state index contributed by atoms with van der Waals surface area (Å²) in [4.78, 5) is 71.3. The summed E-state index contributed by atoms with van der Waals surface area (Å²) in [5.41, 5.74) is 0.731. The minimum absolute atomic E-state index is 0.00245. The second kappa shape index (κ2) is 14.6. The Labute approximate surface area is 318 Å². The molecule has 0 radical (unpaired) electrons. The van der Waals surface area contributed by atoms with Crippen LogP contribution in [0.1, 0.15) is 75.0 Å². The van der Waals surface area contributed by atoms with Crippen LogP contribution < -0.4 is 20.3 Å². The molecule has 2 aromatic heterocycles. The Kier molecular flexibility index (Phi) is 9.59. The molecule has 18 heteroatoms. The van der Waals surface area contributed by atoms with E-state index in [0.29, 0.717) is 22.9 Å². The molecule has 6 amide bonds. The van der Waals surface area contributed by atoms with Crippen molar-refractivity contribution in [1.29, 1.82) is 0 Å². The predicted octanol–water partition coefficient (Wildman–Crippen LogP) is 4.72. The van der Waals surface area contributed by atoms with Crippen molar-refractivity contribution in [2.45, 2.75) is 44.3 Å². The van der Waals surface area contributed by atoms with Gasteiger partial charge >= 0.3 is 12.2 Å². The molecule has 5 heterocycles. The number of alkyl halides is 3. The number of urea groups is 1. The van der Waals surface area contributed by atoms with Crippen LogP contribution in [0.4, 0.5) is 29.3 Å². The maximum absolute atomic E-state index is 13.3. The number of benzene rings is 2. The Morgan fingerprint density at radius 3 is 2.39 bits per heavy atom. The molecular formula is C38H38F3N9O6. The molecule has 3 fully saturated rings. The summed E-state index contributed by atoms with van der Waals surface area (Å²) in [7, 11) is 1.44. The number of nitrogens with one attached hydrogen (secondary N) is 2. The van der Waals surface area contributed by atoms with Crippen molar-refractivity contribution >= 4 is 51.9 Å². The van der Waals surface area contributed by atoms with Crippen LogP contribution in [0, 0.1) is 5.92 Å². The number of anilines is 2. The van der Waals surface area contributed by atoms with Gasteiger partial charge in [-0.3, -0.25) is 34.1 Å². The van der Waals surface area contributed by atoms with Crippen LogP contribution in [0.5, 0.6) is 5.75 Å². The second-order valence-corrected chi connectivity index (χ2v) is 14.4. The molecule has 1 aliphatic carbocycles. The van der Waals surface area contributed by atoms with E-state index in [-0.39, 0.29) is 35.8 Å². The normalized spacial score (nSPS) is 20.8. The Morgan fingerprint density at radius 1 is 0.929 bits per heavy atom. The first-order valence-corrected chi connectivity index (χ1v) is 18.4. The smallest absolute Gasteiger partial charge is 0.433 e. The molecule has 4 aromatic rings. The van der Waals surface area contributed by atoms with E-state index in [0.717, 1.165) is 91.6 Å². The van der Waals surface area contributed by atoms with Crippen LogP contribution >= 0.6 is 0 Å². The lowest BCUT2D eigenvalue weighted by Gasteiger charge is -2.39. The van der Waals surface area contributed by atoms with Gasteiger partial charge in [0.15, 0.2) is 0 Å². The number of ether oxygens (including phenoxy) is 1. The SMILES string of the molecule is COc1cc2nn(C3CCC(CN4CCN(c5ccc6c(c5)C(=O)N(N5CCC(=O)NC5=O)C6=O)CC4)CC3)cc2cc1NC(=O)c1cccc(C(F)(F)F)n1. The molecule has 2 N–H and O–H groups in total. The number of pyridine rings is 1. The highest BCUT2D eigenvalue weighted by Crippen LogP contribution is 2.36. The van der Waals surface area contributed by atoms with Gasteiger partial charge in [-0.2, -0.15) is 23.3 Å². The van der Waals surface area contributed by atoms with Crippen molar-refractivity contribution in [3.8, 4) is 5.75 Å². The third-order valence-corrected chi connectivity index (χ3v) is 10.9. The molecular weight excluding hydrogens is 735 g/mol. The number of hydrazine groups is 1. The molecule has 4 aliphatic rings. The van der Waals surface area contributed by atoms with E-state index >= 15 is 0 Å². The molecule has 0 atom stereocenters. The van der Waals surface area contributed by atoms with Gasteiger partial charge in [0.1, 0.15) is 17.1 Å². The Bertz CT molecular complexity index is 2250. The lowest BCUT2D eigenvalue weighted by Crippen LogP contribution is -2.58. The fourth-order valence-corrected chi connectivity index (χ4v) is 7.95. The first-order valence-electron chi connectivity index (χ1n) is 18.4. The quantitative estimate of drug-likeness (QED) is 0.240. The molecule has 15 nitrogen and oxygen atoms in total. The number of hydrogen-bond acceptors (Lipinski definition) is 10. The number of nitrogens with zero attached hydrogens (tertiary/aromatic N) is 7. The third kappa shape index (κ3) is 7.11. The van der Waals surface area contributed by atoms with Crippen LogP contribution in [0.15, 0.2) is 54.7 Å². The van der Waals surface area contributed by atoms with E-state index < -0.39 is 41.5 Å². The van der Waals surface area contributed by atoms with E-state index in [1.165, 1.54) is 13.2 Å². The average molecular weight is 774 g/mol. The second-order valence-electron chi connectivity index (χ2n) is 14.4. The van der Waals surface area contributed by atoms with Gasteiger partial charge in [-0.05, 0) is 68.0 Å². The fraction of sp³-hybridized carbons (Fsp3) is 0.395. The number of methoxy groups -OCH3 is 1. The molecule has 0 bridgehead atoms. The maximum atomic E-state index is 13.3. The zero-order chi connectivity index (χ0) is 39.3. The van der Waals surface area contributed by atoms with Crippen LogP contribution in [0.2, 0.25) is 0 Å². The van der Waals surface area contributed by atoms with Crippen LogP contribution in [0.25, 0.3) is 10.9 Å². The zero-order valence-corrected chi connectivity index (χ0v) is 30.3. The van der Waals surface area contributed by atoms with Gasteiger partial charge in [-0.15, -0.1) is 0 Å². The molecule has 292 valence electrons. The number of halogens is 3. The number of imide groups is 2. The number of fused-ring (bicyclic) bond motifs is 2. The molecule has 2 aromatic carbocycles. The van der Waals surface area contributed by atoms with E-state index in [1.54, 1.807) is 24.3 Å². The monoisotopic (exact) mass is 773 g/mol. The van der Waals surface area contributed by atoms with Gasteiger partial charge in [0.25, 0.3) is 17.7 Å². The largest absolute Gasteiger partial charge is 0.494 e. The van der Waals surface area contributed by atoms with E-state index in [9.17, 15) is 37.1 Å². The zero-order valence-electron chi connectivity index (χ0n) is 30.3. The molecule has 0 spiro atoms. The third-order valence-electron chi connectivity index (χ3n) is 10.9. The van der Waals surface area contributed by atoms with Crippen LogP contribution in [0.3, 0.4) is 0 Å². The van der Waals surface area contributed by atoms with Crippen molar-refractivity contribution < 1.29 is 41.9 Å². The highest BCUT2D eigenvalue weighted by Gasteiger charge is 2.43. The summed E-state index contributed by atoms with van der Waals surface area (Å²) in [6.07, 6.45) is 1.17. The Morgan fingerprint density at radius 2 is 1.68 bits per heavy atom. The predicted molar refractivity (Wildman–Crippen MR) is 195 cm³/mol. The van der Waals surface area contributed by atoms with Crippen LogP contribution in [-0.2, 0) is 11.0 Å². The van der Waals surface area contributed by atoms with Crippen molar-refractivity contribution in [2.75, 3.05) is 56.6 Å². The van der Waals surface area contributed by atoms with Gasteiger partial charge in [0.05, 0.1) is 42.0 Å².